The van der Waals surface area contributed by atoms with E-state index in [0.29, 0.717) is 0 Å². The van der Waals surface area contributed by atoms with Gasteiger partial charge in [0.25, 0.3) is 0 Å². The lowest BCUT2D eigenvalue weighted by Crippen LogP contribution is -1.99. The lowest BCUT2D eigenvalue weighted by molar-refractivity contribution is 0.103. The molecule has 0 amide bonds. The highest BCUT2D eigenvalue weighted by molar-refractivity contribution is 9.12. The van der Waals surface area contributed by atoms with Gasteiger partial charge in [-0.05, 0) is 56.3 Å². The first kappa shape index (κ1) is 11.5. The Labute approximate surface area is 112 Å². The Bertz CT molecular complexity index is 513. The molecule has 15 heavy (non-hydrogen) atoms. The SMILES string of the molecule is Cc1sccc1C(=O)c1cc(Br)sc1Br. The Morgan fingerprint density at radius 1 is 1.33 bits per heavy atom. The summed E-state index contributed by atoms with van der Waals surface area (Å²) in [5, 5.41) is 1.94. The number of carbonyl (C=O) groups is 1. The van der Waals surface area contributed by atoms with Crippen LogP contribution in [0.2, 0.25) is 0 Å². The molecule has 0 fully saturated rings. The lowest BCUT2D eigenvalue weighted by atomic mass is 10.1. The molecule has 0 saturated heterocycles. The molecular weight excluding hydrogens is 360 g/mol. The van der Waals surface area contributed by atoms with Crippen molar-refractivity contribution < 1.29 is 4.79 Å². The largest absolute Gasteiger partial charge is 0.288 e. The summed E-state index contributed by atoms with van der Waals surface area (Å²) in [6, 6.07) is 3.73. The van der Waals surface area contributed by atoms with Gasteiger partial charge in [0.2, 0.25) is 0 Å². The fourth-order valence-corrected chi connectivity index (χ4v) is 4.75. The molecule has 0 bridgehead atoms. The van der Waals surface area contributed by atoms with Gasteiger partial charge in [-0.2, -0.15) is 0 Å². The number of hydrogen-bond acceptors (Lipinski definition) is 3. The molecule has 2 rings (SSSR count). The Hall–Kier alpha value is 0.0300. The molecule has 0 atom stereocenters. The summed E-state index contributed by atoms with van der Waals surface area (Å²) in [6.45, 7) is 1.97. The van der Waals surface area contributed by atoms with Gasteiger partial charge in [0, 0.05) is 16.0 Å². The van der Waals surface area contributed by atoms with Crippen LogP contribution in [0.15, 0.2) is 25.1 Å². The van der Waals surface area contributed by atoms with Crippen LogP contribution in [0.25, 0.3) is 0 Å². The van der Waals surface area contributed by atoms with Crippen molar-refractivity contribution in [2.24, 2.45) is 0 Å². The molecule has 0 radical (unpaired) electrons. The number of halogens is 2. The predicted octanol–water partition coefficient (Wildman–Crippen LogP) is 4.87. The number of thiophene rings is 2. The Morgan fingerprint density at radius 3 is 2.53 bits per heavy atom. The predicted molar refractivity (Wildman–Crippen MR) is 72.2 cm³/mol. The number of carbonyl (C=O) groups excluding carboxylic acids is 1. The van der Waals surface area contributed by atoms with Crippen LogP contribution in [0.3, 0.4) is 0 Å². The van der Waals surface area contributed by atoms with Crippen LogP contribution in [0, 0.1) is 6.92 Å². The maximum absolute atomic E-state index is 12.1. The van der Waals surface area contributed by atoms with E-state index in [1.807, 2.05) is 24.4 Å². The molecule has 0 aliphatic rings. The highest BCUT2D eigenvalue weighted by Gasteiger charge is 2.17. The zero-order valence-corrected chi connectivity index (χ0v) is 12.5. The van der Waals surface area contributed by atoms with Crippen LogP contribution in [0.1, 0.15) is 20.8 Å². The highest BCUT2D eigenvalue weighted by Crippen LogP contribution is 2.34. The maximum Gasteiger partial charge on any atom is 0.196 e. The third-order valence-electron chi connectivity index (χ3n) is 2.00. The third-order valence-corrected chi connectivity index (χ3v) is 5.19. The Kier molecular flexibility index (Phi) is 3.45. The molecular formula is C10H6Br2OS2. The summed E-state index contributed by atoms with van der Waals surface area (Å²) in [6.07, 6.45) is 0. The van der Waals surface area contributed by atoms with Crippen LogP contribution in [-0.2, 0) is 0 Å². The van der Waals surface area contributed by atoms with Crippen molar-refractivity contribution in [1.29, 1.82) is 0 Å². The van der Waals surface area contributed by atoms with E-state index in [-0.39, 0.29) is 5.78 Å². The summed E-state index contributed by atoms with van der Waals surface area (Å²) in [7, 11) is 0. The lowest BCUT2D eigenvalue weighted by Gasteiger charge is -1.97. The quantitative estimate of drug-likeness (QED) is 0.693. The average Bonchev–Trinajstić information content (AvgIpc) is 2.71. The van der Waals surface area contributed by atoms with Gasteiger partial charge in [-0.1, -0.05) is 0 Å². The van der Waals surface area contributed by atoms with E-state index in [2.05, 4.69) is 31.9 Å². The van der Waals surface area contributed by atoms with Crippen molar-refractivity contribution >= 4 is 60.3 Å². The summed E-state index contributed by atoms with van der Waals surface area (Å²) >= 11 is 9.88. The minimum Gasteiger partial charge on any atom is -0.288 e. The van der Waals surface area contributed by atoms with Gasteiger partial charge < -0.3 is 0 Å². The second-order valence-corrected chi connectivity index (χ2v) is 7.83. The van der Waals surface area contributed by atoms with Crippen molar-refractivity contribution in [3.8, 4) is 0 Å². The van der Waals surface area contributed by atoms with Crippen LogP contribution in [0.5, 0.6) is 0 Å². The third kappa shape index (κ3) is 2.25. The fourth-order valence-electron chi connectivity index (χ4n) is 1.26. The molecule has 0 N–H and O–H groups in total. The molecule has 2 heterocycles. The van der Waals surface area contributed by atoms with Gasteiger partial charge in [-0.3, -0.25) is 4.79 Å². The average molecular weight is 366 g/mol. The van der Waals surface area contributed by atoms with Crippen LogP contribution in [-0.4, -0.2) is 5.78 Å². The molecule has 1 nitrogen and oxygen atoms in total. The highest BCUT2D eigenvalue weighted by atomic mass is 79.9. The topological polar surface area (TPSA) is 17.1 Å². The molecule has 5 heteroatoms. The summed E-state index contributed by atoms with van der Waals surface area (Å²) in [5.41, 5.74) is 1.53. The molecule has 2 aromatic heterocycles. The zero-order chi connectivity index (χ0) is 11.0. The van der Waals surface area contributed by atoms with Crippen LogP contribution < -0.4 is 0 Å². The van der Waals surface area contributed by atoms with Crippen LogP contribution >= 0.6 is 54.5 Å². The molecule has 0 saturated carbocycles. The van der Waals surface area contributed by atoms with Crippen molar-refractivity contribution in [1.82, 2.24) is 0 Å². The number of rotatable bonds is 2. The molecule has 0 unspecified atom stereocenters. The number of ketones is 1. The summed E-state index contributed by atoms with van der Waals surface area (Å²) in [5.74, 6) is 0.0857. The summed E-state index contributed by atoms with van der Waals surface area (Å²) < 4.78 is 1.84. The first-order valence-electron chi connectivity index (χ1n) is 4.13. The van der Waals surface area contributed by atoms with E-state index in [4.69, 9.17) is 0 Å². The zero-order valence-electron chi connectivity index (χ0n) is 7.71. The molecule has 78 valence electrons. The van der Waals surface area contributed by atoms with E-state index >= 15 is 0 Å². The minimum atomic E-state index is 0.0857. The van der Waals surface area contributed by atoms with E-state index in [0.717, 1.165) is 23.6 Å². The van der Waals surface area contributed by atoms with Gasteiger partial charge in [0.15, 0.2) is 5.78 Å². The second kappa shape index (κ2) is 4.49. The monoisotopic (exact) mass is 364 g/mol. The van der Waals surface area contributed by atoms with E-state index < -0.39 is 0 Å². The maximum atomic E-state index is 12.1. The van der Waals surface area contributed by atoms with Gasteiger partial charge in [-0.25, -0.2) is 0 Å². The first-order chi connectivity index (χ1) is 7.09. The molecule has 2 aromatic rings. The summed E-state index contributed by atoms with van der Waals surface area (Å²) in [4.78, 5) is 13.2. The fraction of sp³-hybridized carbons (Fsp3) is 0.100. The van der Waals surface area contributed by atoms with Gasteiger partial charge >= 0.3 is 0 Å². The van der Waals surface area contributed by atoms with Crippen molar-refractivity contribution in [2.45, 2.75) is 6.92 Å². The van der Waals surface area contributed by atoms with Gasteiger partial charge in [0.05, 0.1) is 7.57 Å². The van der Waals surface area contributed by atoms with E-state index in [1.54, 1.807) is 11.3 Å². The molecule has 0 spiro atoms. The van der Waals surface area contributed by atoms with Gasteiger partial charge in [-0.15, -0.1) is 22.7 Å². The standard InChI is InChI=1S/C10H6Br2OS2/c1-5-6(2-3-14-5)9(13)7-4-8(11)15-10(7)12/h2-4H,1H3. The smallest absolute Gasteiger partial charge is 0.196 e. The van der Waals surface area contributed by atoms with E-state index in [1.165, 1.54) is 11.3 Å². The second-order valence-electron chi connectivity index (χ2n) is 2.96. The Morgan fingerprint density at radius 2 is 2.07 bits per heavy atom. The van der Waals surface area contributed by atoms with Crippen LogP contribution in [0.4, 0.5) is 0 Å². The number of aryl methyl sites for hydroxylation is 1. The van der Waals surface area contributed by atoms with Gasteiger partial charge in [0.1, 0.15) is 0 Å². The molecule has 0 aromatic carbocycles. The normalized spacial score (nSPS) is 10.6. The van der Waals surface area contributed by atoms with E-state index in [9.17, 15) is 4.79 Å². The Balaban J connectivity index is 2.45. The molecule has 0 aliphatic heterocycles. The van der Waals surface area contributed by atoms with Crippen molar-refractivity contribution in [3.63, 3.8) is 0 Å². The number of hydrogen-bond donors (Lipinski definition) is 0. The van der Waals surface area contributed by atoms with Crippen molar-refractivity contribution in [3.05, 3.63) is 41.1 Å². The first-order valence-corrected chi connectivity index (χ1v) is 7.41. The van der Waals surface area contributed by atoms with Crippen molar-refractivity contribution in [2.75, 3.05) is 0 Å². The molecule has 0 aliphatic carbocycles. The minimum absolute atomic E-state index is 0.0857.